The van der Waals surface area contributed by atoms with E-state index >= 15 is 0 Å². The Balaban J connectivity index is 1.62. The summed E-state index contributed by atoms with van der Waals surface area (Å²) in [5.41, 5.74) is -1.65. The summed E-state index contributed by atoms with van der Waals surface area (Å²) in [6.07, 6.45) is 0.837. The third-order valence-electron chi connectivity index (χ3n) is 5.27. The molecule has 1 aromatic rings. The maximum absolute atomic E-state index is 12.4. The Morgan fingerprint density at radius 3 is 2.08 bits per heavy atom. The molecule has 0 radical (unpaired) electrons. The van der Waals surface area contributed by atoms with Gasteiger partial charge in [-0.15, -0.1) is 0 Å². The normalized spacial score (nSPS) is 27.5. The highest BCUT2D eigenvalue weighted by molar-refractivity contribution is 5.96. The summed E-state index contributed by atoms with van der Waals surface area (Å²) >= 11 is 0. The van der Waals surface area contributed by atoms with Crippen molar-refractivity contribution in [3.63, 3.8) is 0 Å². The largest absolute Gasteiger partial charge is 0.497 e. The van der Waals surface area contributed by atoms with Gasteiger partial charge in [0.05, 0.1) is 7.11 Å². The summed E-state index contributed by atoms with van der Waals surface area (Å²) in [4.78, 5) is 36.7. The molecular formula is C17H19NO6. The predicted molar refractivity (Wildman–Crippen MR) is 82.6 cm³/mol. The minimum absolute atomic E-state index is 0.0178. The molecule has 7 nitrogen and oxygen atoms in total. The molecule has 1 aliphatic heterocycles. The molecule has 2 atom stereocenters. The van der Waals surface area contributed by atoms with Crippen molar-refractivity contribution < 1.29 is 29.3 Å². The van der Waals surface area contributed by atoms with E-state index in [1.807, 2.05) is 24.3 Å². The van der Waals surface area contributed by atoms with E-state index in [1.54, 1.807) is 7.11 Å². The highest BCUT2D eigenvalue weighted by Gasteiger charge is 2.81. The average molecular weight is 333 g/mol. The number of amides is 1. The zero-order chi connectivity index (χ0) is 17.5. The van der Waals surface area contributed by atoms with Gasteiger partial charge >= 0.3 is 11.9 Å². The number of benzene rings is 1. The topological polar surface area (TPSA) is 104 Å². The van der Waals surface area contributed by atoms with Gasteiger partial charge in [-0.3, -0.25) is 14.4 Å². The number of piperidine rings is 1. The van der Waals surface area contributed by atoms with Crippen LogP contribution >= 0.6 is 0 Å². The molecule has 2 N–H and O–H groups in total. The van der Waals surface area contributed by atoms with Crippen molar-refractivity contribution >= 4 is 17.8 Å². The SMILES string of the molecule is COc1ccc(CCC(=O)N2C[C@@]3(C(=O)O)C[C@@]3(C(=O)O)C2)cc1. The lowest BCUT2D eigenvalue weighted by atomic mass is 9.97. The molecular weight excluding hydrogens is 314 g/mol. The highest BCUT2D eigenvalue weighted by atomic mass is 16.5. The molecule has 2 aliphatic rings. The Hall–Kier alpha value is -2.57. The fraction of sp³-hybridized carbons (Fsp3) is 0.471. The third-order valence-corrected chi connectivity index (χ3v) is 5.27. The molecule has 0 aromatic heterocycles. The van der Waals surface area contributed by atoms with Crippen LogP contribution in [-0.2, 0) is 20.8 Å². The number of ether oxygens (including phenoxy) is 1. The number of hydrogen-bond donors (Lipinski definition) is 2. The summed E-state index contributed by atoms with van der Waals surface area (Å²) in [6, 6.07) is 7.35. The Labute approximate surface area is 138 Å². The number of hydrogen-bond acceptors (Lipinski definition) is 4. The molecule has 1 saturated heterocycles. The first kappa shape index (κ1) is 16.3. The van der Waals surface area contributed by atoms with Crippen LogP contribution in [0.5, 0.6) is 5.75 Å². The molecule has 1 amide bonds. The third kappa shape index (κ3) is 2.31. The number of nitrogens with zero attached hydrogens (tertiary/aromatic N) is 1. The van der Waals surface area contributed by atoms with Crippen molar-refractivity contribution in [3.8, 4) is 5.75 Å². The first-order valence-corrected chi connectivity index (χ1v) is 7.72. The lowest BCUT2D eigenvalue weighted by Gasteiger charge is -2.20. The van der Waals surface area contributed by atoms with E-state index in [4.69, 9.17) is 4.74 Å². The molecule has 3 rings (SSSR count). The van der Waals surface area contributed by atoms with E-state index in [2.05, 4.69) is 0 Å². The van der Waals surface area contributed by atoms with E-state index in [0.29, 0.717) is 6.42 Å². The summed E-state index contributed by atoms with van der Waals surface area (Å²) in [7, 11) is 1.58. The number of aryl methyl sites for hydroxylation is 1. The van der Waals surface area contributed by atoms with Gasteiger partial charge in [0, 0.05) is 19.5 Å². The predicted octanol–water partition coefficient (Wildman–Crippen LogP) is 1.02. The maximum atomic E-state index is 12.4. The minimum atomic E-state index is -1.31. The van der Waals surface area contributed by atoms with Crippen molar-refractivity contribution in [1.29, 1.82) is 0 Å². The fourth-order valence-corrected chi connectivity index (χ4v) is 3.67. The lowest BCUT2D eigenvalue weighted by Crippen LogP contribution is -2.34. The number of carbonyl (C=O) groups excluding carboxylic acids is 1. The van der Waals surface area contributed by atoms with Gasteiger partial charge in [0.1, 0.15) is 16.6 Å². The molecule has 7 heteroatoms. The van der Waals surface area contributed by atoms with E-state index in [-0.39, 0.29) is 31.8 Å². The van der Waals surface area contributed by atoms with Crippen molar-refractivity contribution in [2.24, 2.45) is 10.8 Å². The van der Waals surface area contributed by atoms with E-state index < -0.39 is 22.8 Å². The summed E-state index contributed by atoms with van der Waals surface area (Å²) in [5, 5.41) is 18.7. The van der Waals surface area contributed by atoms with Crippen molar-refractivity contribution in [2.75, 3.05) is 20.2 Å². The van der Waals surface area contributed by atoms with Gasteiger partial charge in [-0.25, -0.2) is 0 Å². The zero-order valence-electron chi connectivity index (χ0n) is 13.3. The second kappa shape index (κ2) is 5.51. The number of methoxy groups -OCH3 is 1. The van der Waals surface area contributed by atoms with Gasteiger partial charge in [0.15, 0.2) is 0 Å². The number of carbonyl (C=O) groups is 3. The molecule has 128 valence electrons. The molecule has 1 aliphatic carbocycles. The molecule has 0 spiro atoms. The first-order chi connectivity index (χ1) is 11.3. The van der Waals surface area contributed by atoms with Crippen LogP contribution in [0.1, 0.15) is 18.4 Å². The van der Waals surface area contributed by atoms with Crippen molar-refractivity contribution in [1.82, 2.24) is 4.90 Å². The maximum Gasteiger partial charge on any atom is 0.312 e. The first-order valence-electron chi connectivity index (χ1n) is 7.72. The zero-order valence-corrected chi connectivity index (χ0v) is 13.3. The number of rotatable bonds is 6. The molecule has 24 heavy (non-hydrogen) atoms. The van der Waals surface area contributed by atoms with Crippen LogP contribution < -0.4 is 4.74 Å². The monoisotopic (exact) mass is 333 g/mol. The van der Waals surface area contributed by atoms with Crippen LogP contribution in [-0.4, -0.2) is 53.2 Å². The van der Waals surface area contributed by atoms with Gasteiger partial charge in [-0.05, 0) is 30.5 Å². The molecule has 0 bridgehead atoms. The molecule has 1 saturated carbocycles. The summed E-state index contributed by atoms with van der Waals surface area (Å²) < 4.78 is 5.07. The van der Waals surface area contributed by atoms with Gasteiger partial charge in [0.25, 0.3) is 0 Å². The Morgan fingerprint density at radius 1 is 1.08 bits per heavy atom. The standard InChI is InChI=1S/C17H19NO6/c1-24-12-5-2-11(3-6-12)4-7-13(19)18-9-16(14(20)21)8-17(16,10-18)15(22)23/h2-3,5-6H,4,7-10H2,1H3,(H,20,21)(H,22,23)/t16-,17+. The van der Waals surface area contributed by atoms with Crippen LogP contribution in [0.15, 0.2) is 24.3 Å². The van der Waals surface area contributed by atoms with Crippen LogP contribution in [0.3, 0.4) is 0 Å². The quantitative estimate of drug-likeness (QED) is 0.805. The van der Waals surface area contributed by atoms with Crippen LogP contribution in [0.2, 0.25) is 0 Å². The molecule has 2 fully saturated rings. The Morgan fingerprint density at radius 2 is 1.62 bits per heavy atom. The van der Waals surface area contributed by atoms with Gasteiger partial charge < -0.3 is 19.8 Å². The van der Waals surface area contributed by atoms with Gasteiger partial charge in [-0.2, -0.15) is 0 Å². The highest BCUT2D eigenvalue weighted by Crippen LogP contribution is 2.68. The second-order valence-electron chi connectivity index (χ2n) is 6.55. The van der Waals surface area contributed by atoms with Crippen molar-refractivity contribution in [3.05, 3.63) is 29.8 Å². The van der Waals surface area contributed by atoms with E-state index in [9.17, 15) is 24.6 Å². The van der Waals surface area contributed by atoms with E-state index in [1.165, 1.54) is 4.90 Å². The van der Waals surface area contributed by atoms with Crippen LogP contribution in [0, 0.1) is 10.8 Å². The Kier molecular flexibility index (Phi) is 3.74. The average Bonchev–Trinajstić information content (AvgIpc) is 3.11. The number of fused-ring (bicyclic) bond motifs is 1. The number of carboxylic acids is 2. The van der Waals surface area contributed by atoms with Crippen molar-refractivity contribution in [2.45, 2.75) is 19.3 Å². The molecule has 1 heterocycles. The van der Waals surface area contributed by atoms with E-state index in [0.717, 1.165) is 11.3 Å². The van der Waals surface area contributed by atoms with Crippen LogP contribution in [0.25, 0.3) is 0 Å². The van der Waals surface area contributed by atoms with Crippen LogP contribution in [0.4, 0.5) is 0 Å². The second-order valence-corrected chi connectivity index (χ2v) is 6.55. The minimum Gasteiger partial charge on any atom is -0.497 e. The summed E-state index contributed by atoms with van der Waals surface area (Å²) in [6.45, 7) is -0.0356. The smallest absolute Gasteiger partial charge is 0.312 e. The lowest BCUT2D eigenvalue weighted by molar-refractivity contribution is -0.151. The molecule has 0 unspecified atom stereocenters. The Bertz CT molecular complexity index is 672. The van der Waals surface area contributed by atoms with Gasteiger partial charge in [-0.1, -0.05) is 12.1 Å². The van der Waals surface area contributed by atoms with Gasteiger partial charge in [0.2, 0.25) is 5.91 Å². The number of likely N-dealkylation sites (tertiary alicyclic amines) is 1. The number of aliphatic carboxylic acids is 2. The summed E-state index contributed by atoms with van der Waals surface area (Å²) in [5.74, 6) is -1.73. The number of carboxylic acid groups (broad SMARTS) is 2. The molecule has 1 aromatic carbocycles. The fourth-order valence-electron chi connectivity index (χ4n) is 3.67.